The lowest BCUT2D eigenvalue weighted by molar-refractivity contribution is -0.121. The number of hydrazine groups is 1. The number of carbonyl (C=O) groups is 1. The van der Waals surface area contributed by atoms with Crippen molar-refractivity contribution >= 4 is 5.91 Å². The third kappa shape index (κ3) is 2.50. The van der Waals surface area contributed by atoms with Crippen LogP contribution in [-0.4, -0.2) is 5.91 Å². The van der Waals surface area contributed by atoms with Gasteiger partial charge in [0.05, 0.1) is 0 Å². The smallest absolute Gasteiger partial charge is 0.233 e. The maximum Gasteiger partial charge on any atom is 0.233 e. The van der Waals surface area contributed by atoms with E-state index in [-0.39, 0.29) is 5.91 Å². The molecule has 64 valence electrons. The number of carbonyl (C=O) groups excluding carboxylic acids is 1. The number of rotatable bonds is 3. The summed E-state index contributed by atoms with van der Waals surface area (Å²) in [7, 11) is 0. The van der Waals surface area contributed by atoms with Crippen LogP contribution in [-0.2, 0) is 4.79 Å². The summed E-state index contributed by atoms with van der Waals surface area (Å²) in [6, 6.07) is 0. The van der Waals surface area contributed by atoms with Gasteiger partial charge >= 0.3 is 0 Å². The van der Waals surface area contributed by atoms with Crippen molar-refractivity contribution in [2.45, 2.75) is 32.6 Å². The molecule has 1 rings (SSSR count). The van der Waals surface area contributed by atoms with Crippen molar-refractivity contribution in [3.05, 3.63) is 0 Å². The molecule has 1 aliphatic carbocycles. The Morgan fingerprint density at radius 2 is 2.27 bits per heavy atom. The van der Waals surface area contributed by atoms with Crippen molar-refractivity contribution in [2.24, 2.45) is 17.7 Å². The second kappa shape index (κ2) is 3.72. The third-order valence-corrected chi connectivity index (χ3v) is 2.41. The normalized spacial score (nSPS) is 29.3. The van der Waals surface area contributed by atoms with Gasteiger partial charge in [0.25, 0.3) is 0 Å². The first-order valence-electron chi connectivity index (χ1n) is 4.21. The molecule has 1 aliphatic rings. The first kappa shape index (κ1) is 8.53. The molecule has 3 heteroatoms. The van der Waals surface area contributed by atoms with E-state index in [1.54, 1.807) is 0 Å². The second-order valence-corrected chi connectivity index (χ2v) is 3.55. The standard InChI is InChI=1S/C8H16N2O/c1-6-4-7(5-6)2-3-8(11)10-9/h6-7H,2-5,9H2,1H3,(H,10,11). The van der Waals surface area contributed by atoms with E-state index in [1.165, 1.54) is 12.8 Å². The lowest BCUT2D eigenvalue weighted by atomic mass is 9.74. The summed E-state index contributed by atoms with van der Waals surface area (Å²) in [6.45, 7) is 2.25. The fourth-order valence-electron chi connectivity index (χ4n) is 1.71. The zero-order valence-corrected chi connectivity index (χ0v) is 6.97. The van der Waals surface area contributed by atoms with Gasteiger partial charge in [-0.3, -0.25) is 10.2 Å². The molecule has 3 N–H and O–H groups in total. The molecule has 3 nitrogen and oxygen atoms in total. The Hall–Kier alpha value is -0.570. The maximum atomic E-state index is 10.7. The van der Waals surface area contributed by atoms with Gasteiger partial charge < -0.3 is 0 Å². The van der Waals surface area contributed by atoms with Crippen LogP contribution in [0.15, 0.2) is 0 Å². The van der Waals surface area contributed by atoms with Crippen molar-refractivity contribution < 1.29 is 4.79 Å². The van der Waals surface area contributed by atoms with Crippen LogP contribution in [0.5, 0.6) is 0 Å². The van der Waals surface area contributed by atoms with Crippen LogP contribution < -0.4 is 11.3 Å². The van der Waals surface area contributed by atoms with E-state index in [1.807, 2.05) is 0 Å². The third-order valence-electron chi connectivity index (χ3n) is 2.41. The van der Waals surface area contributed by atoms with Gasteiger partial charge in [-0.2, -0.15) is 0 Å². The average molecular weight is 156 g/mol. The Morgan fingerprint density at radius 3 is 2.73 bits per heavy atom. The van der Waals surface area contributed by atoms with Crippen LogP contribution in [0.4, 0.5) is 0 Å². The summed E-state index contributed by atoms with van der Waals surface area (Å²) in [6.07, 6.45) is 4.18. The van der Waals surface area contributed by atoms with Crippen molar-refractivity contribution in [1.82, 2.24) is 5.43 Å². The summed E-state index contributed by atoms with van der Waals surface area (Å²) in [5.74, 6) is 6.56. The molecule has 0 unspecified atom stereocenters. The molecule has 11 heavy (non-hydrogen) atoms. The fraction of sp³-hybridized carbons (Fsp3) is 0.875. The molecular weight excluding hydrogens is 140 g/mol. The van der Waals surface area contributed by atoms with E-state index in [2.05, 4.69) is 12.3 Å². The van der Waals surface area contributed by atoms with E-state index < -0.39 is 0 Å². The number of nitrogens with two attached hydrogens (primary N) is 1. The Balaban J connectivity index is 2.00. The largest absolute Gasteiger partial charge is 0.294 e. The Bertz CT molecular complexity index is 141. The highest BCUT2D eigenvalue weighted by Crippen LogP contribution is 2.35. The minimum Gasteiger partial charge on any atom is -0.294 e. The Morgan fingerprint density at radius 1 is 1.64 bits per heavy atom. The molecule has 1 amide bonds. The van der Waals surface area contributed by atoms with Gasteiger partial charge in [0.1, 0.15) is 0 Å². The van der Waals surface area contributed by atoms with Crippen LogP contribution in [0.25, 0.3) is 0 Å². The molecule has 0 aromatic carbocycles. The summed E-state index contributed by atoms with van der Waals surface area (Å²) in [4.78, 5) is 10.7. The number of hydrogen-bond acceptors (Lipinski definition) is 2. The first-order valence-corrected chi connectivity index (χ1v) is 4.21. The minimum atomic E-state index is -0.0375. The molecule has 1 fully saturated rings. The molecule has 0 radical (unpaired) electrons. The zero-order chi connectivity index (χ0) is 8.27. The van der Waals surface area contributed by atoms with Crippen LogP contribution in [0.1, 0.15) is 32.6 Å². The van der Waals surface area contributed by atoms with Crippen LogP contribution in [0.3, 0.4) is 0 Å². The average Bonchev–Trinajstić information content (AvgIpc) is 1.95. The topological polar surface area (TPSA) is 55.1 Å². The predicted octanol–water partition coefficient (Wildman–Crippen LogP) is 0.803. The van der Waals surface area contributed by atoms with Gasteiger partial charge in [0, 0.05) is 6.42 Å². The highest BCUT2D eigenvalue weighted by molar-refractivity contribution is 5.75. The molecule has 0 saturated heterocycles. The summed E-state index contributed by atoms with van der Waals surface area (Å²) in [5, 5.41) is 0. The van der Waals surface area contributed by atoms with Gasteiger partial charge in [-0.05, 0) is 31.1 Å². The van der Waals surface area contributed by atoms with E-state index in [9.17, 15) is 4.79 Å². The van der Waals surface area contributed by atoms with Gasteiger partial charge in [-0.15, -0.1) is 0 Å². The van der Waals surface area contributed by atoms with Gasteiger partial charge in [0.15, 0.2) is 0 Å². The summed E-state index contributed by atoms with van der Waals surface area (Å²) < 4.78 is 0. The van der Waals surface area contributed by atoms with E-state index in [0.717, 1.165) is 18.3 Å². The van der Waals surface area contributed by atoms with Crippen molar-refractivity contribution in [3.8, 4) is 0 Å². The number of hydrogen-bond donors (Lipinski definition) is 2. The highest BCUT2D eigenvalue weighted by atomic mass is 16.2. The van der Waals surface area contributed by atoms with Crippen molar-refractivity contribution in [2.75, 3.05) is 0 Å². The Kier molecular flexibility index (Phi) is 2.88. The summed E-state index contributed by atoms with van der Waals surface area (Å²) >= 11 is 0. The summed E-state index contributed by atoms with van der Waals surface area (Å²) in [5.41, 5.74) is 2.14. The molecule has 0 atom stereocenters. The lowest BCUT2D eigenvalue weighted by Crippen LogP contribution is -2.31. The Labute approximate surface area is 67.3 Å². The fourth-order valence-corrected chi connectivity index (χ4v) is 1.71. The molecule has 0 spiro atoms. The monoisotopic (exact) mass is 156 g/mol. The van der Waals surface area contributed by atoms with Gasteiger partial charge in [0.2, 0.25) is 5.91 Å². The van der Waals surface area contributed by atoms with Crippen LogP contribution in [0, 0.1) is 11.8 Å². The second-order valence-electron chi connectivity index (χ2n) is 3.55. The number of nitrogens with one attached hydrogen (secondary N) is 1. The van der Waals surface area contributed by atoms with E-state index in [0.29, 0.717) is 6.42 Å². The van der Waals surface area contributed by atoms with E-state index in [4.69, 9.17) is 5.84 Å². The molecule has 0 heterocycles. The molecular formula is C8H16N2O. The van der Waals surface area contributed by atoms with Crippen molar-refractivity contribution in [1.29, 1.82) is 0 Å². The first-order chi connectivity index (χ1) is 5.22. The zero-order valence-electron chi connectivity index (χ0n) is 6.97. The minimum absolute atomic E-state index is 0.0375. The van der Waals surface area contributed by atoms with Gasteiger partial charge in [-0.25, -0.2) is 5.84 Å². The van der Waals surface area contributed by atoms with E-state index >= 15 is 0 Å². The van der Waals surface area contributed by atoms with Crippen LogP contribution >= 0.6 is 0 Å². The lowest BCUT2D eigenvalue weighted by Gasteiger charge is -2.32. The quantitative estimate of drug-likeness (QED) is 0.361. The SMILES string of the molecule is CC1CC(CCC(=O)NN)C1. The van der Waals surface area contributed by atoms with Crippen molar-refractivity contribution in [3.63, 3.8) is 0 Å². The molecule has 0 aromatic rings. The predicted molar refractivity (Wildman–Crippen MR) is 43.5 cm³/mol. The maximum absolute atomic E-state index is 10.7. The molecule has 0 aromatic heterocycles. The van der Waals surface area contributed by atoms with Crippen LogP contribution in [0.2, 0.25) is 0 Å². The molecule has 1 saturated carbocycles. The van der Waals surface area contributed by atoms with Gasteiger partial charge in [-0.1, -0.05) is 6.92 Å². The highest BCUT2D eigenvalue weighted by Gasteiger charge is 2.25. The molecule has 0 bridgehead atoms. The number of amides is 1. The molecule has 0 aliphatic heterocycles.